The Bertz CT molecular complexity index is 593. The first-order valence-electron chi connectivity index (χ1n) is 7.15. The zero-order valence-electron chi connectivity index (χ0n) is 13.7. The van der Waals surface area contributed by atoms with Gasteiger partial charge in [-0.05, 0) is 29.7 Å². The number of methoxy groups -OCH3 is 2. The third-order valence-electron chi connectivity index (χ3n) is 2.88. The molecule has 0 unspecified atom stereocenters. The highest BCUT2D eigenvalue weighted by atomic mass is 19.1. The molecule has 5 nitrogen and oxygen atoms in total. The number of carbonyl (C=O) groups is 2. The molecular formula is C17H21FO5. The van der Waals surface area contributed by atoms with Gasteiger partial charge < -0.3 is 14.2 Å². The van der Waals surface area contributed by atoms with E-state index in [0.717, 1.165) is 0 Å². The van der Waals surface area contributed by atoms with Crippen molar-refractivity contribution in [1.29, 1.82) is 0 Å². The molecule has 0 fully saturated rings. The Kier molecular flexibility index (Phi) is 7.25. The van der Waals surface area contributed by atoms with Gasteiger partial charge in [0.15, 0.2) is 11.6 Å². The molecule has 0 saturated heterocycles. The van der Waals surface area contributed by atoms with Gasteiger partial charge in [-0.3, -0.25) is 4.79 Å². The van der Waals surface area contributed by atoms with E-state index in [9.17, 15) is 14.0 Å². The highest BCUT2D eigenvalue weighted by Gasteiger charge is 2.16. The highest BCUT2D eigenvalue weighted by Crippen LogP contribution is 2.20. The van der Waals surface area contributed by atoms with Crippen molar-refractivity contribution in [3.05, 3.63) is 35.2 Å². The van der Waals surface area contributed by atoms with Crippen molar-refractivity contribution in [1.82, 2.24) is 0 Å². The summed E-state index contributed by atoms with van der Waals surface area (Å²) in [4.78, 5) is 23.6. The maximum absolute atomic E-state index is 13.7. The lowest BCUT2D eigenvalue weighted by Crippen LogP contribution is -2.14. The maximum atomic E-state index is 13.7. The summed E-state index contributed by atoms with van der Waals surface area (Å²) in [5, 5.41) is 0. The molecule has 0 aliphatic rings. The largest absolute Gasteiger partial charge is 0.494 e. The SMILES string of the molecule is COC(=O)C(=Cc1ccc(OC)c(F)c1)CC(=O)OCC(C)C. The van der Waals surface area contributed by atoms with Crippen LogP contribution in [0, 0.1) is 11.7 Å². The van der Waals surface area contributed by atoms with Crippen LogP contribution in [0.5, 0.6) is 5.75 Å². The van der Waals surface area contributed by atoms with Crippen molar-refractivity contribution in [2.24, 2.45) is 5.92 Å². The third kappa shape index (κ3) is 6.10. The van der Waals surface area contributed by atoms with Gasteiger partial charge in [-0.2, -0.15) is 0 Å². The van der Waals surface area contributed by atoms with E-state index in [1.807, 2.05) is 13.8 Å². The number of carbonyl (C=O) groups excluding carboxylic acids is 2. The molecular weight excluding hydrogens is 303 g/mol. The van der Waals surface area contributed by atoms with E-state index in [2.05, 4.69) is 4.74 Å². The number of rotatable bonds is 7. The Morgan fingerprint density at radius 3 is 2.48 bits per heavy atom. The van der Waals surface area contributed by atoms with Gasteiger partial charge in [0.05, 0.1) is 27.2 Å². The summed E-state index contributed by atoms with van der Waals surface area (Å²) in [5.74, 6) is -1.47. The van der Waals surface area contributed by atoms with Crippen molar-refractivity contribution in [3.8, 4) is 5.75 Å². The maximum Gasteiger partial charge on any atom is 0.334 e. The van der Waals surface area contributed by atoms with E-state index in [1.54, 1.807) is 6.07 Å². The van der Waals surface area contributed by atoms with Gasteiger partial charge in [0.2, 0.25) is 0 Å². The summed E-state index contributed by atoms with van der Waals surface area (Å²) in [5.41, 5.74) is 0.506. The average Bonchev–Trinajstić information content (AvgIpc) is 2.51. The molecule has 1 aromatic carbocycles. The fourth-order valence-electron chi connectivity index (χ4n) is 1.75. The molecule has 0 saturated carbocycles. The second-order valence-electron chi connectivity index (χ2n) is 5.31. The number of hydrogen-bond acceptors (Lipinski definition) is 5. The molecule has 0 amide bonds. The molecule has 0 spiro atoms. The van der Waals surface area contributed by atoms with Gasteiger partial charge in [-0.15, -0.1) is 0 Å². The summed E-state index contributed by atoms with van der Waals surface area (Å²) in [6.07, 6.45) is 1.15. The van der Waals surface area contributed by atoms with Crippen molar-refractivity contribution < 1.29 is 28.2 Å². The molecule has 0 aliphatic carbocycles. The lowest BCUT2D eigenvalue weighted by molar-refractivity contribution is -0.146. The van der Waals surface area contributed by atoms with Crippen LogP contribution in [0.2, 0.25) is 0 Å². The van der Waals surface area contributed by atoms with Crippen molar-refractivity contribution in [2.45, 2.75) is 20.3 Å². The first-order chi connectivity index (χ1) is 10.9. The summed E-state index contributed by atoms with van der Waals surface area (Å²) in [7, 11) is 2.57. The first kappa shape index (κ1) is 18.7. The molecule has 0 heterocycles. The highest BCUT2D eigenvalue weighted by molar-refractivity contribution is 5.98. The van der Waals surface area contributed by atoms with Gasteiger partial charge in [0, 0.05) is 5.57 Å². The van der Waals surface area contributed by atoms with E-state index in [1.165, 1.54) is 32.4 Å². The van der Waals surface area contributed by atoms with Crippen LogP contribution in [-0.2, 0) is 19.1 Å². The van der Waals surface area contributed by atoms with Crippen molar-refractivity contribution in [3.63, 3.8) is 0 Å². The Labute approximate surface area is 135 Å². The van der Waals surface area contributed by atoms with Crippen LogP contribution < -0.4 is 4.74 Å². The van der Waals surface area contributed by atoms with E-state index < -0.39 is 17.8 Å². The van der Waals surface area contributed by atoms with Gasteiger partial charge in [0.25, 0.3) is 0 Å². The van der Waals surface area contributed by atoms with E-state index in [4.69, 9.17) is 9.47 Å². The quantitative estimate of drug-likeness (QED) is 0.570. The molecule has 126 valence electrons. The smallest absolute Gasteiger partial charge is 0.334 e. The predicted molar refractivity (Wildman–Crippen MR) is 83.4 cm³/mol. The average molecular weight is 324 g/mol. The van der Waals surface area contributed by atoms with E-state index in [0.29, 0.717) is 5.56 Å². The van der Waals surface area contributed by atoms with E-state index in [-0.39, 0.29) is 30.3 Å². The summed E-state index contributed by atoms with van der Waals surface area (Å²) in [6, 6.07) is 4.22. The number of ether oxygens (including phenoxy) is 3. The van der Waals surface area contributed by atoms with Crippen LogP contribution in [0.3, 0.4) is 0 Å². The predicted octanol–water partition coefficient (Wildman–Crippen LogP) is 2.98. The van der Waals surface area contributed by atoms with Crippen LogP contribution >= 0.6 is 0 Å². The van der Waals surface area contributed by atoms with Crippen molar-refractivity contribution in [2.75, 3.05) is 20.8 Å². The number of benzene rings is 1. The molecule has 1 rings (SSSR count). The zero-order chi connectivity index (χ0) is 17.4. The minimum absolute atomic E-state index is 0.0887. The van der Waals surface area contributed by atoms with Gasteiger partial charge >= 0.3 is 11.9 Å². The van der Waals surface area contributed by atoms with Crippen LogP contribution in [0.1, 0.15) is 25.8 Å². The molecule has 0 radical (unpaired) electrons. The Balaban J connectivity index is 2.95. The Hall–Kier alpha value is -2.37. The zero-order valence-corrected chi connectivity index (χ0v) is 13.7. The number of esters is 2. The molecule has 0 aliphatic heterocycles. The molecule has 0 atom stereocenters. The van der Waals surface area contributed by atoms with Crippen LogP contribution in [0.4, 0.5) is 4.39 Å². The van der Waals surface area contributed by atoms with Gasteiger partial charge in [-0.1, -0.05) is 19.9 Å². The second kappa shape index (κ2) is 8.92. The number of hydrogen-bond donors (Lipinski definition) is 0. The fourth-order valence-corrected chi connectivity index (χ4v) is 1.75. The van der Waals surface area contributed by atoms with Crippen LogP contribution in [0.15, 0.2) is 23.8 Å². The fraction of sp³-hybridized carbons (Fsp3) is 0.412. The molecule has 1 aromatic rings. The monoisotopic (exact) mass is 324 g/mol. The van der Waals surface area contributed by atoms with E-state index >= 15 is 0 Å². The van der Waals surface area contributed by atoms with Crippen LogP contribution in [-0.4, -0.2) is 32.8 Å². The lowest BCUT2D eigenvalue weighted by atomic mass is 10.1. The number of halogens is 1. The minimum Gasteiger partial charge on any atom is -0.494 e. The van der Waals surface area contributed by atoms with Crippen molar-refractivity contribution >= 4 is 18.0 Å². The summed E-state index contributed by atoms with van der Waals surface area (Å²) < 4.78 is 28.2. The van der Waals surface area contributed by atoms with Crippen LogP contribution in [0.25, 0.3) is 6.08 Å². The molecule has 0 aromatic heterocycles. The standard InChI is InChI=1S/C17H21FO5/c1-11(2)10-23-16(19)9-13(17(20)22-4)7-12-5-6-15(21-3)14(18)8-12/h5-8,11H,9-10H2,1-4H3. The third-order valence-corrected chi connectivity index (χ3v) is 2.88. The topological polar surface area (TPSA) is 61.8 Å². The first-order valence-corrected chi connectivity index (χ1v) is 7.15. The second-order valence-corrected chi connectivity index (χ2v) is 5.31. The van der Waals surface area contributed by atoms with Gasteiger partial charge in [-0.25, -0.2) is 9.18 Å². The molecule has 0 N–H and O–H groups in total. The Morgan fingerprint density at radius 1 is 1.26 bits per heavy atom. The normalized spacial score (nSPS) is 11.3. The molecule has 0 bridgehead atoms. The lowest BCUT2D eigenvalue weighted by Gasteiger charge is -2.09. The summed E-state index contributed by atoms with van der Waals surface area (Å²) >= 11 is 0. The summed E-state index contributed by atoms with van der Waals surface area (Å²) in [6.45, 7) is 4.08. The Morgan fingerprint density at radius 2 is 1.96 bits per heavy atom. The minimum atomic E-state index is -0.664. The van der Waals surface area contributed by atoms with Gasteiger partial charge in [0.1, 0.15) is 0 Å². The molecule has 6 heteroatoms. The molecule has 23 heavy (non-hydrogen) atoms.